The third-order valence-corrected chi connectivity index (χ3v) is 2.34. The third-order valence-electron chi connectivity index (χ3n) is 2.34. The van der Waals surface area contributed by atoms with E-state index in [2.05, 4.69) is 15.0 Å². The van der Waals surface area contributed by atoms with Crippen molar-refractivity contribution < 1.29 is 9.53 Å². The second-order valence-corrected chi connectivity index (χ2v) is 3.67. The Balaban J connectivity index is 2.22. The number of ether oxygens (including phenoxy) is 1. The molecule has 0 aliphatic heterocycles. The van der Waals surface area contributed by atoms with Gasteiger partial charge in [-0.3, -0.25) is 0 Å². The number of carbonyl (C=O) groups excluding carboxylic acids is 1. The molecule has 0 aliphatic rings. The molecule has 1 aromatic heterocycles. The highest BCUT2D eigenvalue weighted by Gasteiger charge is 2.05. The monoisotopic (exact) mass is 243 g/mol. The zero-order chi connectivity index (χ0) is 13.0. The van der Waals surface area contributed by atoms with E-state index in [9.17, 15) is 4.79 Å². The number of nitrogens with one attached hydrogen (secondary N) is 1. The minimum absolute atomic E-state index is 0.376. The highest BCUT2D eigenvalue weighted by Crippen LogP contribution is 2.17. The molecule has 5 nitrogen and oxygen atoms in total. The van der Waals surface area contributed by atoms with E-state index < -0.39 is 0 Å². The van der Waals surface area contributed by atoms with E-state index in [-0.39, 0.29) is 5.97 Å². The van der Waals surface area contributed by atoms with Crippen molar-refractivity contribution in [3.8, 4) is 0 Å². The Morgan fingerprint density at radius 2 is 2.17 bits per heavy atom. The summed E-state index contributed by atoms with van der Waals surface area (Å²) < 4.78 is 4.66. The number of carbonyl (C=O) groups is 1. The van der Waals surface area contributed by atoms with Crippen LogP contribution in [0, 0.1) is 0 Å². The zero-order valence-corrected chi connectivity index (χ0v) is 9.88. The van der Waals surface area contributed by atoms with Crippen molar-refractivity contribution in [1.29, 1.82) is 0 Å². The maximum atomic E-state index is 11.4. The summed E-state index contributed by atoms with van der Waals surface area (Å²) in [4.78, 5) is 15.5. The minimum atomic E-state index is -0.376. The molecule has 3 N–H and O–H groups in total. The lowest BCUT2D eigenvalue weighted by Gasteiger charge is -2.07. The summed E-state index contributed by atoms with van der Waals surface area (Å²) in [6, 6.07) is 10.4. The van der Waals surface area contributed by atoms with Crippen LogP contribution in [0.2, 0.25) is 0 Å². The molecule has 0 saturated carbocycles. The second kappa shape index (κ2) is 5.18. The number of benzene rings is 1. The number of pyridine rings is 1. The van der Waals surface area contributed by atoms with E-state index in [1.165, 1.54) is 7.11 Å². The molecule has 1 aromatic carbocycles. The lowest BCUT2D eigenvalue weighted by molar-refractivity contribution is 0.0601. The fourth-order valence-electron chi connectivity index (χ4n) is 1.50. The quantitative estimate of drug-likeness (QED) is 0.808. The zero-order valence-electron chi connectivity index (χ0n) is 9.88. The number of hydrogen-bond donors (Lipinski definition) is 2. The van der Waals surface area contributed by atoms with E-state index in [1.807, 2.05) is 6.07 Å². The van der Waals surface area contributed by atoms with Crippen LogP contribution in [-0.4, -0.2) is 18.1 Å². The van der Waals surface area contributed by atoms with Gasteiger partial charge in [0.1, 0.15) is 5.82 Å². The number of esters is 1. The Kier molecular flexibility index (Phi) is 3.43. The van der Waals surface area contributed by atoms with Crippen LogP contribution in [0.15, 0.2) is 42.6 Å². The van der Waals surface area contributed by atoms with Gasteiger partial charge in [-0.15, -0.1) is 0 Å². The average molecular weight is 243 g/mol. The molecule has 0 bridgehead atoms. The molecule has 0 atom stereocenters. The van der Waals surface area contributed by atoms with Crippen LogP contribution in [0.25, 0.3) is 0 Å². The van der Waals surface area contributed by atoms with Crippen molar-refractivity contribution in [3.63, 3.8) is 0 Å². The van der Waals surface area contributed by atoms with Gasteiger partial charge in [-0.1, -0.05) is 6.07 Å². The van der Waals surface area contributed by atoms with Gasteiger partial charge in [0.25, 0.3) is 0 Å². The highest BCUT2D eigenvalue weighted by atomic mass is 16.5. The van der Waals surface area contributed by atoms with Crippen LogP contribution >= 0.6 is 0 Å². The second-order valence-electron chi connectivity index (χ2n) is 3.67. The summed E-state index contributed by atoms with van der Waals surface area (Å²) in [5.41, 5.74) is 7.50. The summed E-state index contributed by atoms with van der Waals surface area (Å²) in [5.74, 6) is 0.246. The maximum absolute atomic E-state index is 11.4. The van der Waals surface area contributed by atoms with Gasteiger partial charge in [-0.2, -0.15) is 0 Å². The summed E-state index contributed by atoms with van der Waals surface area (Å²) in [5, 5.41) is 3.07. The Morgan fingerprint density at radius 1 is 1.33 bits per heavy atom. The van der Waals surface area contributed by atoms with Crippen molar-refractivity contribution in [2.75, 3.05) is 18.2 Å². The Hall–Kier alpha value is -2.56. The molecule has 92 valence electrons. The van der Waals surface area contributed by atoms with Crippen LogP contribution in [0.3, 0.4) is 0 Å². The Labute approximate surface area is 105 Å². The average Bonchev–Trinajstić information content (AvgIpc) is 2.38. The molecule has 5 heteroatoms. The number of nitrogens with zero attached hydrogens (tertiary/aromatic N) is 1. The molecular weight excluding hydrogens is 230 g/mol. The lowest BCUT2D eigenvalue weighted by atomic mass is 10.2. The largest absolute Gasteiger partial charge is 0.465 e. The van der Waals surface area contributed by atoms with E-state index in [4.69, 9.17) is 5.73 Å². The van der Waals surface area contributed by atoms with Gasteiger partial charge in [0.2, 0.25) is 0 Å². The van der Waals surface area contributed by atoms with Crippen LogP contribution in [0.5, 0.6) is 0 Å². The topological polar surface area (TPSA) is 77.2 Å². The summed E-state index contributed by atoms with van der Waals surface area (Å²) in [6.07, 6.45) is 1.61. The van der Waals surface area contributed by atoms with Crippen molar-refractivity contribution in [1.82, 2.24) is 4.98 Å². The fraction of sp³-hybridized carbons (Fsp3) is 0.0769. The molecule has 0 amide bonds. The first-order chi connectivity index (χ1) is 8.69. The summed E-state index contributed by atoms with van der Waals surface area (Å²) in [7, 11) is 1.35. The van der Waals surface area contributed by atoms with Crippen molar-refractivity contribution in [3.05, 3.63) is 48.2 Å². The standard InChI is InChI=1S/C13H13N3O2/c1-18-13(17)9-3-2-4-11(7-9)16-12-8-10(14)5-6-15-12/h2-8H,1H3,(H3,14,15,16). The van der Waals surface area contributed by atoms with E-state index in [0.29, 0.717) is 17.1 Å². The molecule has 1 heterocycles. The predicted octanol–water partition coefficient (Wildman–Crippen LogP) is 2.19. The van der Waals surface area contributed by atoms with Crippen molar-refractivity contribution in [2.45, 2.75) is 0 Å². The summed E-state index contributed by atoms with van der Waals surface area (Å²) in [6.45, 7) is 0. The molecule has 0 unspecified atom stereocenters. The number of rotatable bonds is 3. The molecule has 0 aliphatic carbocycles. The smallest absolute Gasteiger partial charge is 0.337 e. The van der Waals surface area contributed by atoms with Gasteiger partial charge in [-0.25, -0.2) is 9.78 Å². The van der Waals surface area contributed by atoms with Gasteiger partial charge in [0.05, 0.1) is 12.7 Å². The number of anilines is 3. The van der Waals surface area contributed by atoms with Gasteiger partial charge >= 0.3 is 5.97 Å². The molecule has 0 saturated heterocycles. The van der Waals surface area contributed by atoms with Crippen LogP contribution in [-0.2, 0) is 4.74 Å². The van der Waals surface area contributed by atoms with Crippen LogP contribution in [0.1, 0.15) is 10.4 Å². The molecule has 2 rings (SSSR count). The number of nitrogens with two attached hydrogens (primary N) is 1. The molecule has 2 aromatic rings. The SMILES string of the molecule is COC(=O)c1cccc(Nc2cc(N)ccn2)c1. The van der Waals surface area contributed by atoms with Crippen molar-refractivity contribution >= 4 is 23.2 Å². The molecule has 0 spiro atoms. The van der Waals surface area contributed by atoms with E-state index in [0.717, 1.165) is 5.69 Å². The fourth-order valence-corrected chi connectivity index (χ4v) is 1.50. The minimum Gasteiger partial charge on any atom is -0.465 e. The first kappa shape index (κ1) is 11.9. The van der Waals surface area contributed by atoms with Gasteiger partial charge < -0.3 is 15.8 Å². The van der Waals surface area contributed by atoms with Gasteiger partial charge in [0.15, 0.2) is 0 Å². The molecule has 0 radical (unpaired) electrons. The number of hydrogen-bond acceptors (Lipinski definition) is 5. The number of methoxy groups -OCH3 is 1. The van der Waals surface area contributed by atoms with Gasteiger partial charge in [0, 0.05) is 23.6 Å². The Morgan fingerprint density at radius 3 is 2.89 bits per heavy atom. The van der Waals surface area contributed by atoms with Crippen LogP contribution in [0.4, 0.5) is 17.2 Å². The van der Waals surface area contributed by atoms with Crippen molar-refractivity contribution in [2.24, 2.45) is 0 Å². The highest BCUT2D eigenvalue weighted by molar-refractivity contribution is 5.90. The predicted molar refractivity (Wildman–Crippen MR) is 69.7 cm³/mol. The molecule has 18 heavy (non-hydrogen) atoms. The molecule has 0 fully saturated rings. The van der Waals surface area contributed by atoms with E-state index >= 15 is 0 Å². The summed E-state index contributed by atoms with van der Waals surface area (Å²) >= 11 is 0. The lowest BCUT2D eigenvalue weighted by Crippen LogP contribution is -2.02. The normalized spacial score (nSPS) is 9.83. The number of aromatic nitrogens is 1. The van der Waals surface area contributed by atoms with Crippen LogP contribution < -0.4 is 11.1 Å². The maximum Gasteiger partial charge on any atom is 0.337 e. The Bertz CT molecular complexity index is 570. The molecular formula is C13H13N3O2. The van der Waals surface area contributed by atoms with E-state index in [1.54, 1.807) is 36.5 Å². The first-order valence-electron chi connectivity index (χ1n) is 5.36. The van der Waals surface area contributed by atoms with Gasteiger partial charge in [-0.05, 0) is 24.3 Å². The number of nitrogen functional groups attached to an aromatic ring is 1. The third kappa shape index (κ3) is 2.76. The first-order valence-corrected chi connectivity index (χ1v) is 5.36.